The average Bonchev–Trinajstić information content (AvgIpc) is 2.37. The summed E-state index contributed by atoms with van der Waals surface area (Å²) in [4.78, 5) is 10.6. The third kappa shape index (κ3) is 2.42. The van der Waals surface area contributed by atoms with Crippen molar-refractivity contribution in [3.8, 4) is 5.40 Å². The van der Waals surface area contributed by atoms with Crippen LogP contribution in [-0.2, 0) is 9.53 Å². The third-order valence-corrected chi connectivity index (χ3v) is 2.86. The number of carbonyl (C=O) groups is 1. The quantitative estimate of drug-likeness (QED) is 0.485. The maximum absolute atomic E-state index is 10.6. The van der Waals surface area contributed by atoms with Crippen LogP contribution >= 0.6 is 11.8 Å². The van der Waals surface area contributed by atoms with Gasteiger partial charge in [-0.05, 0) is 31.0 Å². The molecule has 1 aliphatic rings. The van der Waals surface area contributed by atoms with Crippen LogP contribution < -0.4 is 0 Å². The second-order valence-electron chi connectivity index (χ2n) is 2.83. The number of hydrogen-bond acceptors (Lipinski definition) is 4. The second-order valence-corrected chi connectivity index (χ2v) is 3.85. The van der Waals surface area contributed by atoms with E-state index in [1.807, 2.05) is 5.40 Å². The molecule has 0 heterocycles. The molecular weight excluding hydrogens is 174 g/mol. The molecule has 0 saturated heterocycles. The molecule has 0 N–H and O–H groups in total. The lowest BCUT2D eigenvalue weighted by Gasteiger charge is -2.15. The molecular formula is C8H11NO2S. The predicted molar refractivity (Wildman–Crippen MR) is 46.4 cm³/mol. The van der Waals surface area contributed by atoms with Gasteiger partial charge in [0.15, 0.2) is 0 Å². The van der Waals surface area contributed by atoms with E-state index in [0.717, 1.165) is 19.3 Å². The number of nitrogens with zero attached hydrogens (tertiary/aromatic N) is 1. The molecule has 0 aromatic heterocycles. The van der Waals surface area contributed by atoms with Gasteiger partial charge in [0.2, 0.25) is 0 Å². The molecule has 0 unspecified atom stereocenters. The number of thiocyanates is 1. The smallest absolute Gasteiger partial charge is 0.302 e. The fraction of sp³-hybridized carbons (Fsp3) is 0.750. The first-order valence-corrected chi connectivity index (χ1v) is 4.84. The number of carbonyl (C=O) groups excluding carboxylic acids is 1. The van der Waals surface area contributed by atoms with Crippen LogP contribution in [0.25, 0.3) is 0 Å². The van der Waals surface area contributed by atoms with Gasteiger partial charge in [-0.25, -0.2) is 0 Å². The topological polar surface area (TPSA) is 50.1 Å². The molecule has 1 fully saturated rings. The highest BCUT2D eigenvalue weighted by molar-refractivity contribution is 8.04. The van der Waals surface area contributed by atoms with Crippen molar-refractivity contribution < 1.29 is 9.53 Å². The van der Waals surface area contributed by atoms with Crippen LogP contribution in [0.5, 0.6) is 0 Å². The molecule has 3 nitrogen and oxygen atoms in total. The van der Waals surface area contributed by atoms with Gasteiger partial charge < -0.3 is 4.74 Å². The first-order chi connectivity index (χ1) is 5.74. The molecule has 0 radical (unpaired) electrons. The van der Waals surface area contributed by atoms with Gasteiger partial charge in [0, 0.05) is 6.92 Å². The molecule has 2 atom stereocenters. The maximum atomic E-state index is 10.6. The largest absolute Gasteiger partial charge is 0.461 e. The van der Waals surface area contributed by atoms with Gasteiger partial charge >= 0.3 is 5.97 Å². The normalized spacial score (nSPS) is 28.0. The van der Waals surface area contributed by atoms with Crippen molar-refractivity contribution in [3.05, 3.63) is 0 Å². The summed E-state index contributed by atoms with van der Waals surface area (Å²) in [6, 6.07) is 0. The first kappa shape index (κ1) is 9.40. The summed E-state index contributed by atoms with van der Waals surface area (Å²) in [5, 5.41) is 10.7. The van der Waals surface area contributed by atoms with Gasteiger partial charge in [0.05, 0.1) is 5.25 Å². The lowest BCUT2D eigenvalue weighted by molar-refractivity contribution is -0.145. The average molecular weight is 185 g/mol. The molecule has 0 aliphatic heterocycles. The highest BCUT2D eigenvalue weighted by Crippen LogP contribution is 2.31. The number of thioether (sulfide) groups is 1. The molecule has 1 aliphatic carbocycles. The van der Waals surface area contributed by atoms with Crippen LogP contribution in [0.4, 0.5) is 0 Å². The van der Waals surface area contributed by atoms with Crippen LogP contribution in [0.2, 0.25) is 0 Å². The highest BCUT2D eigenvalue weighted by atomic mass is 32.2. The number of rotatable bonds is 2. The van der Waals surface area contributed by atoms with Crippen molar-refractivity contribution in [1.29, 1.82) is 5.26 Å². The first-order valence-electron chi connectivity index (χ1n) is 3.96. The van der Waals surface area contributed by atoms with Gasteiger partial charge in [-0.15, -0.1) is 0 Å². The van der Waals surface area contributed by atoms with E-state index in [2.05, 4.69) is 0 Å². The molecule has 0 aromatic carbocycles. The summed E-state index contributed by atoms with van der Waals surface area (Å²) >= 11 is 1.22. The minimum absolute atomic E-state index is 0.0350. The zero-order chi connectivity index (χ0) is 8.97. The van der Waals surface area contributed by atoms with Crippen LogP contribution in [0.3, 0.4) is 0 Å². The Labute approximate surface area is 76.1 Å². The van der Waals surface area contributed by atoms with E-state index in [4.69, 9.17) is 10.00 Å². The van der Waals surface area contributed by atoms with E-state index in [1.165, 1.54) is 18.7 Å². The molecule has 1 saturated carbocycles. The zero-order valence-corrected chi connectivity index (χ0v) is 7.76. The monoisotopic (exact) mass is 185 g/mol. The van der Waals surface area contributed by atoms with Gasteiger partial charge in [-0.1, -0.05) is 0 Å². The fourth-order valence-corrected chi connectivity index (χ4v) is 2.21. The third-order valence-electron chi connectivity index (χ3n) is 1.91. The van der Waals surface area contributed by atoms with E-state index >= 15 is 0 Å². The molecule has 0 bridgehead atoms. The summed E-state index contributed by atoms with van der Waals surface area (Å²) in [5.41, 5.74) is 0. The maximum Gasteiger partial charge on any atom is 0.302 e. The molecule has 12 heavy (non-hydrogen) atoms. The van der Waals surface area contributed by atoms with E-state index < -0.39 is 0 Å². The Bertz CT molecular complexity index is 212. The Kier molecular flexibility index (Phi) is 3.42. The van der Waals surface area contributed by atoms with Crippen molar-refractivity contribution in [1.82, 2.24) is 0 Å². The molecule has 1 rings (SSSR count). The standard InChI is InChI=1S/C8H11NO2S/c1-6(10)11-7-3-2-4-8(7)12-5-9/h7-8H,2-4H2,1H3/t7-,8-/m1/s1. The SMILES string of the molecule is CC(=O)O[C@@H]1CCC[C@H]1SC#N. The van der Waals surface area contributed by atoms with Crippen LogP contribution in [0, 0.1) is 10.7 Å². The summed E-state index contributed by atoms with van der Waals surface area (Å²) in [5.74, 6) is -0.245. The summed E-state index contributed by atoms with van der Waals surface area (Å²) in [7, 11) is 0. The molecule has 0 spiro atoms. The Morgan fingerprint density at radius 1 is 1.67 bits per heavy atom. The van der Waals surface area contributed by atoms with Crippen molar-refractivity contribution in [2.24, 2.45) is 0 Å². The van der Waals surface area contributed by atoms with E-state index in [0.29, 0.717) is 0 Å². The molecule has 4 heteroatoms. The van der Waals surface area contributed by atoms with Crippen LogP contribution in [-0.4, -0.2) is 17.3 Å². The Balaban J connectivity index is 2.41. The Hall–Kier alpha value is -0.690. The van der Waals surface area contributed by atoms with Crippen LogP contribution in [0.15, 0.2) is 0 Å². The van der Waals surface area contributed by atoms with Gasteiger partial charge in [-0.2, -0.15) is 5.26 Å². The van der Waals surface area contributed by atoms with E-state index in [9.17, 15) is 4.79 Å². The minimum atomic E-state index is -0.245. The molecule has 0 aromatic rings. The summed E-state index contributed by atoms with van der Waals surface area (Å²) in [6.07, 6.45) is 2.90. The van der Waals surface area contributed by atoms with Crippen molar-refractivity contribution in [2.45, 2.75) is 37.5 Å². The predicted octanol–water partition coefficient (Wildman–Crippen LogP) is 1.68. The van der Waals surface area contributed by atoms with Crippen molar-refractivity contribution in [2.75, 3.05) is 0 Å². The summed E-state index contributed by atoms with van der Waals surface area (Å²) < 4.78 is 5.07. The van der Waals surface area contributed by atoms with Crippen molar-refractivity contribution in [3.63, 3.8) is 0 Å². The van der Waals surface area contributed by atoms with Crippen molar-refractivity contribution >= 4 is 17.7 Å². The Morgan fingerprint density at radius 2 is 2.42 bits per heavy atom. The Morgan fingerprint density at radius 3 is 3.00 bits per heavy atom. The fourth-order valence-electron chi connectivity index (χ4n) is 1.44. The number of ether oxygens (including phenoxy) is 1. The number of esters is 1. The van der Waals surface area contributed by atoms with E-state index in [-0.39, 0.29) is 17.3 Å². The number of nitriles is 1. The lowest BCUT2D eigenvalue weighted by atomic mass is 10.3. The number of hydrogen-bond donors (Lipinski definition) is 0. The summed E-state index contributed by atoms with van der Waals surface area (Å²) in [6.45, 7) is 1.41. The minimum Gasteiger partial charge on any atom is -0.461 e. The molecule has 0 amide bonds. The lowest BCUT2D eigenvalue weighted by Crippen LogP contribution is -2.22. The van der Waals surface area contributed by atoms with Gasteiger partial charge in [-0.3, -0.25) is 4.79 Å². The van der Waals surface area contributed by atoms with Gasteiger partial charge in [0.25, 0.3) is 0 Å². The molecule has 66 valence electrons. The van der Waals surface area contributed by atoms with E-state index in [1.54, 1.807) is 0 Å². The zero-order valence-electron chi connectivity index (χ0n) is 6.95. The second kappa shape index (κ2) is 4.36. The van der Waals surface area contributed by atoms with Crippen LogP contribution in [0.1, 0.15) is 26.2 Å². The highest BCUT2D eigenvalue weighted by Gasteiger charge is 2.30. The van der Waals surface area contributed by atoms with Gasteiger partial charge in [0.1, 0.15) is 11.5 Å².